The van der Waals surface area contributed by atoms with Gasteiger partial charge in [-0.25, -0.2) is 9.80 Å². The van der Waals surface area contributed by atoms with Gasteiger partial charge in [0.15, 0.2) is 6.61 Å². The zero-order chi connectivity index (χ0) is 20.0. The Labute approximate surface area is 165 Å². The second-order valence-corrected chi connectivity index (χ2v) is 8.26. The van der Waals surface area contributed by atoms with Crippen molar-refractivity contribution in [1.29, 1.82) is 0 Å². The number of hydrazine groups is 1. The van der Waals surface area contributed by atoms with Crippen molar-refractivity contribution < 1.29 is 19.1 Å². The number of primary amides is 1. The molecule has 2 rings (SSSR count). The third-order valence-corrected chi connectivity index (χ3v) is 4.78. The van der Waals surface area contributed by atoms with Crippen LogP contribution in [0, 0.1) is 11.3 Å². The molecule has 0 radical (unpaired) electrons. The number of amides is 2. The van der Waals surface area contributed by atoms with E-state index in [1.165, 1.54) is 0 Å². The molecule has 1 unspecified atom stereocenters. The quantitative estimate of drug-likeness (QED) is 0.769. The number of piperidine rings is 1. The zero-order valence-corrected chi connectivity index (χ0v) is 16.8. The van der Waals surface area contributed by atoms with Gasteiger partial charge in [-0.3, -0.25) is 10.2 Å². The van der Waals surface area contributed by atoms with Crippen molar-refractivity contribution in [2.24, 2.45) is 17.1 Å². The van der Waals surface area contributed by atoms with Crippen molar-refractivity contribution in [2.75, 3.05) is 19.7 Å². The van der Waals surface area contributed by atoms with Gasteiger partial charge in [0, 0.05) is 18.1 Å². The largest absolute Gasteiger partial charge is 0.484 e. The summed E-state index contributed by atoms with van der Waals surface area (Å²) in [5.74, 6) is 0.574. The summed E-state index contributed by atoms with van der Waals surface area (Å²) in [6.07, 6.45) is 0.604. The maximum Gasteiger partial charge on any atom is 0.404 e. The van der Waals surface area contributed by atoms with Crippen LogP contribution >= 0.6 is 11.6 Å². The minimum absolute atomic E-state index is 0.0725. The van der Waals surface area contributed by atoms with Crippen LogP contribution in [-0.2, 0) is 9.53 Å². The number of ether oxygens (including phenoxy) is 2. The highest BCUT2D eigenvalue weighted by atomic mass is 35.5. The van der Waals surface area contributed by atoms with Crippen LogP contribution in [0.3, 0.4) is 0 Å². The number of rotatable bonds is 6. The van der Waals surface area contributed by atoms with E-state index < -0.39 is 6.09 Å². The standard InChI is InChI=1S/C19H28ClN3O4/c1-19(2,3)17(27-18(21)25)13-8-10-23(11-9-13)22-16(24)12-26-15-6-4-14(20)5-7-15/h4-7,13,17H,8-12H2,1-3H3,(H2,21,25)(H,22,24). The molecule has 0 aliphatic carbocycles. The average molecular weight is 398 g/mol. The molecule has 1 atom stereocenters. The van der Waals surface area contributed by atoms with E-state index in [9.17, 15) is 9.59 Å². The summed E-state index contributed by atoms with van der Waals surface area (Å²) < 4.78 is 10.8. The van der Waals surface area contributed by atoms with Crippen molar-refractivity contribution in [3.8, 4) is 5.75 Å². The highest BCUT2D eigenvalue weighted by Gasteiger charge is 2.37. The number of nitrogens with zero attached hydrogens (tertiary/aromatic N) is 1. The van der Waals surface area contributed by atoms with Crippen molar-refractivity contribution in [2.45, 2.75) is 39.7 Å². The Balaban J connectivity index is 1.78. The van der Waals surface area contributed by atoms with E-state index in [1.807, 2.05) is 25.8 Å². The summed E-state index contributed by atoms with van der Waals surface area (Å²) >= 11 is 5.82. The maximum atomic E-state index is 12.1. The number of carbonyl (C=O) groups is 2. The third-order valence-electron chi connectivity index (χ3n) is 4.53. The molecule has 150 valence electrons. The van der Waals surface area contributed by atoms with Crippen LogP contribution in [0.5, 0.6) is 5.75 Å². The molecule has 1 fully saturated rings. The third kappa shape index (κ3) is 6.92. The fourth-order valence-corrected chi connectivity index (χ4v) is 3.43. The molecule has 1 aliphatic heterocycles. The molecule has 0 aromatic heterocycles. The van der Waals surface area contributed by atoms with E-state index in [-0.39, 0.29) is 30.0 Å². The first kappa shape index (κ1) is 21.3. The predicted molar refractivity (Wildman–Crippen MR) is 103 cm³/mol. The molecule has 0 saturated carbocycles. The molecular formula is C19H28ClN3O4. The van der Waals surface area contributed by atoms with Gasteiger partial charge in [-0.1, -0.05) is 32.4 Å². The lowest BCUT2D eigenvalue weighted by molar-refractivity contribution is -0.129. The van der Waals surface area contributed by atoms with Gasteiger partial charge in [0.05, 0.1) is 0 Å². The topological polar surface area (TPSA) is 93.9 Å². The molecule has 0 bridgehead atoms. The minimum Gasteiger partial charge on any atom is -0.484 e. The van der Waals surface area contributed by atoms with Gasteiger partial charge in [0.1, 0.15) is 11.9 Å². The monoisotopic (exact) mass is 397 g/mol. The van der Waals surface area contributed by atoms with Crippen LogP contribution < -0.4 is 15.9 Å². The number of hydrogen-bond acceptors (Lipinski definition) is 5. The first-order valence-electron chi connectivity index (χ1n) is 9.04. The fraction of sp³-hybridized carbons (Fsp3) is 0.579. The summed E-state index contributed by atoms with van der Waals surface area (Å²) in [7, 11) is 0. The van der Waals surface area contributed by atoms with Crippen molar-refractivity contribution >= 4 is 23.6 Å². The van der Waals surface area contributed by atoms with E-state index in [2.05, 4.69) is 5.43 Å². The van der Waals surface area contributed by atoms with Crippen molar-refractivity contribution in [3.63, 3.8) is 0 Å². The molecule has 3 N–H and O–H groups in total. The number of hydrogen-bond donors (Lipinski definition) is 2. The predicted octanol–water partition coefficient (Wildman–Crippen LogP) is 2.97. The van der Waals surface area contributed by atoms with Crippen LogP contribution in [0.4, 0.5) is 4.79 Å². The maximum absolute atomic E-state index is 12.1. The summed E-state index contributed by atoms with van der Waals surface area (Å²) in [5, 5.41) is 2.48. The van der Waals surface area contributed by atoms with Crippen molar-refractivity contribution in [3.05, 3.63) is 29.3 Å². The van der Waals surface area contributed by atoms with E-state index in [0.717, 1.165) is 12.8 Å². The molecule has 1 aliphatic rings. The molecular weight excluding hydrogens is 370 g/mol. The number of nitrogens with two attached hydrogens (primary N) is 1. The smallest absolute Gasteiger partial charge is 0.404 e. The highest BCUT2D eigenvalue weighted by molar-refractivity contribution is 6.30. The first-order valence-corrected chi connectivity index (χ1v) is 9.42. The second-order valence-electron chi connectivity index (χ2n) is 7.83. The van der Waals surface area contributed by atoms with E-state index in [4.69, 9.17) is 26.8 Å². The number of carbonyl (C=O) groups excluding carboxylic acids is 2. The van der Waals surface area contributed by atoms with Gasteiger partial charge < -0.3 is 15.2 Å². The number of benzene rings is 1. The highest BCUT2D eigenvalue weighted by Crippen LogP contribution is 2.33. The summed E-state index contributed by atoms with van der Waals surface area (Å²) in [5.41, 5.74) is 7.88. The summed E-state index contributed by atoms with van der Waals surface area (Å²) in [6, 6.07) is 6.84. The summed E-state index contributed by atoms with van der Waals surface area (Å²) in [4.78, 5) is 23.3. The lowest BCUT2D eigenvalue weighted by atomic mass is 9.77. The van der Waals surface area contributed by atoms with Gasteiger partial charge in [0.25, 0.3) is 5.91 Å². The lowest BCUT2D eigenvalue weighted by Gasteiger charge is -2.40. The molecule has 27 heavy (non-hydrogen) atoms. The fourth-order valence-electron chi connectivity index (χ4n) is 3.31. The van der Waals surface area contributed by atoms with Crippen LogP contribution in [0.2, 0.25) is 5.02 Å². The van der Waals surface area contributed by atoms with Gasteiger partial charge in [-0.05, 0) is 48.4 Å². The normalized spacial score (nSPS) is 17.2. The minimum atomic E-state index is -0.745. The van der Waals surface area contributed by atoms with Gasteiger partial charge in [0.2, 0.25) is 0 Å². The first-order chi connectivity index (χ1) is 12.6. The SMILES string of the molecule is CC(C)(C)C(OC(N)=O)C1CCN(NC(=O)COc2ccc(Cl)cc2)CC1. The van der Waals surface area contributed by atoms with E-state index in [1.54, 1.807) is 24.3 Å². The Morgan fingerprint density at radius 1 is 1.26 bits per heavy atom. The summed E-state index contributed by atoms with van der Waals surface area (Å²) in [6.45, 7) is 7.36. The second kappa shape index (κ2) is 9.28. The van der Waals surface area contributed by atoms with E-state index in [0.29, 0.717) is 23.9 Å². The Morgan fingerprint density at radius 2 is 1.85 bits per heavy atom. The van der Waals surface area contributed by atoms with Crippen molar-refractivity contribution in [1.82, 2.24) is 10.4 Å². The van der Waals surface area contributed by atoms with Gasteiger partial charge in [-0.15, -0.1) is 0 Å². The Bertz CT molecular complexity index is 637. The molecule has 1 saturated heterocycles. The number of halogens is 1. The van der Waals surface area contributed by atoms with Gasteiger partial charge >= 0.3 is 6.09 Å². The van der Waals surface area contributed by atoms with Gasteiger partial charge in [-0.2, -0.15) is 0 Å². The van der Waals surface area contributed by atoms with Crippen LogP contribution in [0.25, 0.3) is 0 Å². The molecule has 1 heterocycles. The molecule has 2 amide bonds. The Hall–Kier alpha value is -1.99. The van der Waals surface area contributed by atoms with Crippen LogP contribution in [-0.4, -0.2) is 42.8 Å². The van der Waals surface area contributed by atoms with E-state index >= 15 is 0 Å². The molecule has 0 spiro atoms. The van der Waals surface area contributed by atoms with Crippen LogP contribution in [0.15, 0.2) is 24.3 Å². The molecule has 1 aromatic carbocycles. The molecule has 1 aromatic rings. The van der Waals surface area contributed by atoms with Crippen LogP contribution in [0.1, 0.15) is 33.6 Å². The molecule has 8 heteroatoms. The zero-order valence-electron chi connectivity index (χ0n) is 16.0. The lowest BCUT2D eigenvalue weighted by Crippen LogP contribution is -2.51. The Kier molecular flexibility index (Phi) is 7.33. The number of nitrogens with one attached hydrogen (secondary N) is 1. The Morgan fingerprint density at radius 3 is 2.37 bits per heavy atom. The average Bonchev–Trinajstić information content (AvgIpc) is 2.59. The molecule has 7 nitrogen and oxygen atoms in total.